The summed E-state index contributed by atoms with van der Waals surface area (Å²) in [4.78, 5) is 2.43. The Labute approximate surface area is 119 Å². The summed E-state index contributed by atoms with van der Waals surface area (Å²) < 4.78 is 7.36. The van der Waals surface area contributed by atoms with E-state index >= 15 is 0 Å². The first-order chi connectivity index (χ1) is 8.10. The minimum Gasteiger partial charge on any atom is -0.452 e. The van der Waals surface area contributed by atoms with Crippen LogP contribution in [0.15, 0.2) is 19.6 Å². The topological polar surface area (TPSA) is 42.4 Å². The quantitative estimate of drug-likeness (QED) is 0.892. The van der Waals surface area contributed by atoms with Gasteiger partial charge in [-0.2, -0.15) is 0 Å². The van der Waals surface area contributed by atoms with Crippen LogP contribution >= 0.6 is 31.9 Å². The number of rotatable bonds is 3. The number of hydrogen-bond acceptors (Lipinski definition) is 3. The van der Waals surface area contributed by atoms with Crippen LogP contribution in [0.2, 0.25) is 0 Å². The Hall–Kier alpha value is 0.160. The molecule has 96 valence electrons. The predicted octanol–water partition coefficient (Wildman–Crippen LogP) is 3.36. The standard InChI is InChI=1S/C12H18Br2N2O/c1-8-2-3-16(9(4-8)6-15)7-10-5-11(13)12(14)17-10/h5,8-9H,2-4,6-7,15H2,1H3. The molecule has 2 rings (SSSR count). The van der Waals surface area contributed by atoms with Crippen molar-refractivity contribution in [2.24, 2.45) is 11.7 Å². The van der Waals surface area contributed by atoms with E-state index in [4.69, 9.17) is 10.2 Å². The Bertz CT molecular complexity index is 361. The van der Waals surface area contributed by atoms with Crippen LogP contribution in [-0.2, 0) is 6.54 Å². The van der Waals surface area contributed by atoms with Crippen molar-refractivity contribution in [2.45, 2.75) is 32.4 Å². The number of nitrogens with zero attached hydrogens (tertiary/aromatic N) is 1. The zero-order valence-corrected chi connectivity index (χ0v) is 13.1. The van der Waals surface area contributed by atoms with Gasteiger partial charge in [-0.3, -0.25) is 4.90 Å². The normalized spacial score (nSPS) is 26.4. The molecule has 2 atom stereocenters. The fourth-order valence-corrected chi connectivity index (χ4v) is 3.08. The number of hydrogen-bond donors (Lipinski definition) is 1. The lowest BCUT2D eigenvalue weighted by molar-refractivity contribution is 0.107. The van der Waals surface area contributed by atoms with Crippen LogP contribution in [0, 0.1) is 5.92 Å². The monoisotopic (exact) mass is 364 g/mol. The van der Waals surface area contributed by atoms with Crippen molar-refractivity contribution >= 4 is 31.9 Å². The van der Waals surface area contributed by atoms with Crippen molar-refractivity contribution in [1.82, 2.24) is 4.90 Å². The molecule has 0 amide bonds. The number of piperidine rings is 1. The van der Waals surface area contributed by atoms with E-state index < -0.39 is 0 Å². The summed E-state index contributed by atoms with van der Waals surface area (Å²) >= 11 is 6.80. The van der Waals surface area contributed by atoms with Crippen molar-refractivity contribution < 1.29 is 4.42 Å². The third kappa shape index (κ3) is 3.34. The van der Waals surface area contributed by atoms with E-state index in [0.717, 1.165) is 40.5 Å². The van der Waals surface area contributed by atoms with Gasteiger partial charge in [-0.25, -0.2) is 0 Å². The minimum absolute atomic E-state index is 0.487. The van der Waals surface area contributed by atoms with Gasteiger partial charge in [0.25, 0.3) is 0 Å². The predicted molar refractivity (Wildman–Crippen MR) is 75.8 cm³/mol. The first-order valence-corrected chi connectivity index (χ1v) is 7.56. The smallest absolute Gasteiger partial charge is 0.183 e. The third-order valence-electron chi connectivity index (χ3n) is 3.43. The number of halogens is 2. The van der Waals surface area contributed by atoms with Crippen molar-refractivity contribution in [3.8, 4) is 0 Å². The van der Waals surface area contributed by atoms with E-state index in [1.54, 1.807) is 0 Å². The highest BCUT2D eigenvalue weighted by atomic mass is 79.9. The maximum absolute atomic E-state index is 5.85. The molecule has 0 bridgehead atoms. The third-order valence-corrected chi connectivity index (χ3v) is 5.14. The highest BCUT2D eigenvalue weighted by Gasteiger charge is 2.26. The lowest BCUT2D eigenvalue weighted by Gasteiger charge is -2.37. The van der Waals surface area contributed by atoms with Gasteiger partial charge in [0.2, 0.25) is 0 Å². The zero-order valence-electron chi connectivity index (χ0n) is 9.96. The molecular weight excluding hydrogens is 348 g/mol. The second-order valence-corrected chi connectivity index (χ2v) is 6.40. The lowest BCUT2D eigenvalue weighted by atomic mass is 9.92. The molecule has 17 heavy (non-hydrogen) atoms. The van der Waals surface area contributed by atoms with E-state index in [2.05, 4.69) is 43.7 Å². The van der Waals surface area contributed by atoms with E-state index in [1.165, 1.54) is 12.8 Å². The summed E-state index contributed by atoms with van der Waals surface area (Å²) in [6, 6.07) is 2.51. The summed E-state index contributed by atoms with van der Waals surface area (Å²) in [5.41, 5.74) is 5.85. The van der Waals surface area contributed by atoms with Gasteiger partial charge in [0, 0.05) is 12.6 Å². The molecule has 2 unspecified atom stereocenters. The SMILES string of the molecule is CC1CCN(Cc2cc(Br)c(Br)o2)C(CN)C1. The number of furan rings is 1. The van der Waals surface area contributed by atoms with Gasteiger partial charge in [-0.1, -0.05) is 6.92 Å². The van der Waals surface area contributed by atoms with Crippen LogP contribution in [0.4, 0.5) is 0 Å². The Morgan fingerprint density at radius 3 is 2.88 bits per heavy atom. The van der Waals surface area contributed by atoms with Gasteiger partial charge in [0.1, 0.15) is 5.76 Å². The Morgan fingerprint density at radius 2 is 2.29 bits per heavy atom. The van der Waals surface area contributed by atoms with Crippen LogP contribution in [0.1, 0.15) is 25.5 Å². The fourth-order valence-electron chi connectivity index (χ4n) is 2.42. The summed E-state index contributed by atoms with van der Waals surface area (Å²) in [7, 11) is 0. The maximum Gasteiger partial charge on any atom is 0.183 e. The minimum atomic E-state index is 0.487. The summed E-state index contributed by atoms with van der Waals surface area (Å²) in [5.74, 6) is 1.77. The van der Waals surface area contributed by atoms with Gasteiger partial charge in [-0.15, -0.1) is 0 Å². The van der Waals surface area contributed by atoms with Gasteiger partial charge in [-0.05, 0) is 63.2 Å². The molecule has 3 nitrogen and oxygen atoms in total. The maximum atomic E-state index is 5.85. The van der Waals surface area contributed by atoms with Crippen LogP contribution < -0.4 is 5.73 Å². The first kappa shape index (κ1) is 13.6. The molecule has 1 aliphatic heterocycles. The van der Waals surface area contributed by atoms with Crippen LogP contribution in [0.3, 0.4) is 0 Å². The molecule has 1 aromatic rings. The van der Waals surface area contributed by atoms with Gasteiger partial charge in [0.15, 0.2) is 4.67 Å². The Morgan fingerprint density at radius 1 is 1.53 bits per heavy atom. The van der Waals surface area contributed by atoms with Gasteiger partial charge >= 0.3 is 0 Å². The number of likely N-dealkylation sites (tertiary alicyclic amines) is 1. The van der Waals surface area contributed by atoms with Crippen molar-refractivity contribution in [3.05, 3.63) is 21.0 Å². The molecule has 0 aliphatic carbocycles. The van der Waals surface area contributed by atoms with Gasteiger partial charge < -0.3 is 10.2 Å². The molecule has 1 aromatic heterocycles. The average Bonchev–Trinajstić information content (AvgIpc) is 2.60. The Balaban J connectivity index is 2.02. The van der Waals surface area contributed by atoms with E-state index in [-0.39, 0.29) is 0 Å². The van der Waals surface area contributed by atoms with E-state index in [9.17, 15) is 0 Å². The second kappa shape index (κ2) is 5.87. The molecule has 1 saturated heterocycles. The molecular formula is C12H18Br2N2O. The summed E-state index contributed by atoms with van der Waals surface area (Å²) in [5, 5.41) is 0. The molecule has 1 aliphatic rings. The fraction of sp³-hybridized carbons (Fsp3) is 0.667. The molecule has 5 heteroatoms. The molecule has 2 heterocycles. The number of nitrogens with two attached hydrogens (primary N) is 1. The van der Waals surface area contributed by atoms with Crippen molar-refractivity contribution in [2.75, 3.05) is 13.1 Å². The average molecular weight is 366 g/mol. The summed E-state index contributed by atoms with van der Waals surface area (Å²) in [6.45, 7) is 4.99. The molecule has 1 fully saturated rings. The van der Waals surface area contributed by atoms with Crippen LogP contribution in [0.5, 0.6) is 0 Å². The molecule has 0 saturated carbocycles. The Kier molecular flexibility index (Phi) is 4.69. The van der Waals surface area contributed by atoms with Crippen LogP contribution in [0.25, 0.3) is 0 Å². The lowest BCUT2D eigenvalue weighted by Crippen LogP contribution is -2.45. The molecule has 0 radical (unpaired) electrons. The summed E-state index contributed by atoms with van der Waals surface area (Å²) in [6.07, 6.45) is 2.44. The largest absolute Gasteiger partial charge is 0.452 e. The van der Waals surface area contributed by atoms with Gasteiger partial charge in [0.05, 0.1) is 11.0 Å². The second-order valence-electron chi connectivity index (χ2n) is 4.82. The molecule has 2 N–H and O–H groups in total. The first-order valence-electron chi connectivity index (χ1n) is 5.98. The highest BCUT2D eigenvalue weighted by Crippen LogP contribution is 2.29. The zero-order chi connectivity index (χ0) is 12.4. The van der Waals surface area contributed by atoms with Crippen LogP contribution in [-0.4, -0.2) is 24.0 Å². The van der Waals surface area contributed by atoms with E-state index in [1.807, 2.05) is 6.07 Å². The highest BCUT2D eigenvalue weighted by molar-refractivity contribution is 9.13. The molecule has 0 spiro atoms. The van der Waals surface area contributed by atoms with E-state index in [0.29, 0.717) is 6.04 Å². The van der Waals surface area contributed by atoms with Crippen molar-refractivity contribution in [3.63, 3.8) is 0 Å². The molecule has 0 aromatic carbocycles. The van der Waals surface area contributed by atoms with Crippen molar-refractivity contribution in [1.29, 1.82) is 0 Å².